The second-order valence-corrected chi connectivity index (χ2v) is 13.4. The number of rotatable bonds is 6. The van der Waals surface area contributed by atoms with Gasteiger partial charge in [-0.05, 0) is 32.7 Å². The molecule has 4 heteroatoms. The van der Waals surface area contributed by atoms with Crippen LogP contribution in [0.25, 0.3) is 43.1 Å². The van der Waals surface area contributed by atoms with Gasteiger partial charge in [0.15, 0.2) is 0 Å². The molecule has 0 aromatic heterocycles. The third-order valence-electron chi connectivity index (χ3n) is 10.5. The van der Waals surface area contributed by atoms with E-state index in [0.29, 0.717) is 22.3 Å². The van der Waals surface area contributed by atoms with E-state index in [9.17, 15) is 20.4 Å². The number of phenolic OH excluding ortho intramolecular Hbond substituents is 4. The first kappa shape index (κ1) is 31.2. The highest BCUT2D eigenvalue weighted by atomic mass is 16.3. The zero-order chi connectivity index (χ0) is 35.3. The van der Waals surface area contributed by atoms with Gasteiger partial charge in [0.05, 0.1) is 0 Å². The van der Waals surface area contributed by atoms with Crippen LogP contribution in [0, 0.1) is 0 Å². The van der Waals surface area contributed by atoms with Crippen molar-refractivity contribution in [2.75, 3.05) is 0 Å². The van der Waals surface area contributed by atoms with E-state index in [1.54, 1.807) is 0 Å². The van der Waals surface area contributed by atoms with Crippen LogP contribution < -0.4 is 0 Å². The molecule has 0 unspecified atom stereocenters. The van der Waals surface area contributed by atoms with Crippen molar-refractivity contribution in [1.82, 2.24) is 0 Å². The molecule has 0 heterocycles. The standard InChI is InChI=1S/C48H34O4/c49-45-35-16-5-1-10-29(35)20-24-39(45)43(40-25-21-30-11-2-6-17-36(30)46(40)50)33-14-9-15-34(28-33)44(41-26-22-31-12-3-7-18-37(31)47(41)51)42-27-23-32-13-4-8-19-38(32)48(42)52/h1-28,43-44,49-52H. The molecule has 0 spiro atoms. The fourth-order valence-corrected chi connectivity index (χ4v) is 7.99. The van der Waals surface area contributed by atoms with Gasteiger partial charge in [0, 0.05) is 55.6 Å². The Kier molecular flexibility index (Phi) is 7.52. The van der Waals surface area contributed by atoms with Gasteiger partial charge in [0.25, 0.3) is 0 Å². The van der Waals surface area contributed by atoms with Gasteiger partial charge in [-0.2, -0.15) is 0 Å². The number of hydrogen-bond acceptors (Lipinski definition) is 4. The van der Waals surface area contributed by atoms with Crippen molar-refractivity contribution in [1.29, 1.82) is 0 Å². The maximum absolute atomic E-state index is 11.9. The Morgan fingerprint density at radius 2 is 0.538 bits per heavy atom. The highest BCUT2D eigenvalue weighted by Gasteiger charge is 2.29. The largest absolute Gasteiger partial charge is 0.507 e. The molecular formula is C48H34O4. The Bertz CT molecular complexity index is 2460. The first-order valence-corrected chi connectivity index (χ1v) is 17.4. The van der Waals surface area contributed by atoms with E-state index < -0.39 is 11.8 Å². The highest BCUT2D eigenvalue weighted by molar-refractivity contribution is 5.94. The van der Waals surface area contributed by atoms with Crippen LogP contribution in [0.1, 0.15) is 45.2 Å². The molecule has 0 aliphatic carbocycles. The van der Waals surface area contributed by atoms with Crippen LogP contribution in [-0.4, -0.2) is 20.4 Å². The normalized spacial score (nSPS) is 11.7. The van der Waals surface area contributed by atoms with E-state index in [2.05, 4.69) is 6.07 Å². The topological polar surface area (TPSA) is 80.9 Å². The Morgan fingerprint density at radius 1 is 0.269 bits per heavy atom. The van der Waals surface area contributed by atoms with Crippen LogP contribution in [0.2, 0.25) is 0 Å². The van der Waals surface area contributed by atoms with Gasteiger partial charge in [0.1, 0.15) is 23.0 Å². The lowest BCUT2D eigenvalue weighted by Gasteiger charge is -2.26. The lowest BCUT2D eigenvalue weighted by molar-refractivity contribution is 0.465. The van der Waals surface area contributed by atoms with E-state index >= 15 is 0 Å². The van der Waals surface area contributed by atoms with Gasteiger partial charge in [0.2, 0.25) is 0 Å². The maximum Gasteiger partial charge on any atom is 0.127 e. The average Bonchev–Trinajstić information content (AvgIpc) is 3.19. The molecule has 0 saturated heterocycles. The molecule has 0 fully saturated rings. The second kappa shape index (κ2) is 12.5. The lowest BCUT2D eigenvalue weighted by Crippen LogP contribution is -2.09. The summed E-state index contributed by atoms with van der Waals surface area (Å²) in [6.07, 6.45) is 0. The van der Waals surface area contributed by atoms with E-state index in [1.807, 2.05) is 164 Å². The molecule has 4 N–H and O–H groups in total. The van der Waals surface area contributed by atoms with Crippen molar-refractivity contribution < 1.29 is 20.4 Å². The minimum Gasteiger partial charge on any atom is -0.507 e. The van der Waals surface area contributed by atoms with Crippen molar-refractivity contribution >= 4 is 43.1 Å². The Labute approximate surface area is 300 Å². The minimum atomic E-state index is -0.565. The van der Waals surface area contributed by atoms with Gasteiger partial charge in [-0.3, -0.25) is 0 Å². The third-order valence-corrected chi connectivity index (χ3v) is 10.5. The van der Waals surface area contributed by atoms with E-state index in [0.717, 1.165) is 54.2 Å². The number of aromatic hydroxyl groups is 4. The average molecular weight is 675 g/mol. The number of phenols is 4. The van der Waals surface area contributed by atoms with Crippen molar-refractivity contribution in [3.8, 4) is 23.0 Å². The zero-order valence-electron chi connectivity index (χ0n) is 28.1. The van der Waals surface area contributed by atoms with Crippen LogP contribution in [0.15, 0.2) is 170 Å². The minimum absolute atomic E-state index is 0.150. The summed E-state index contributed by atoms with van der Waals surface area (Å²) in [6.45, 7) is 0. The van der Waals surface area contributed by atoms with Gasteiger partial charge in [-0.1, -0.05) is 170 Å². The second-order valence-electron chi connectivity index (χ2n) is 13.4. The third kappa shape index (κ3) is 5.07. The van der Waals surface area contributed by atoms with E-state index in [-0.39, 0.29) is 23.0 Å². The molecular weight excluding hydrogens is 641 g/mol. The molecule has 0 aliphatic heterocycles. The van der Waals surface area contributed by atoms with E-state index in [4.69, 9.17) is 0 Å². The summed E-state index contributed by atoms with van der Waals surface area (Å²) in [5, 5.41) is 54.2. The molecule has 0 atom stereocenters. The number of benzene rings is 9. The summed E-state index contributed by atoms with van der Waals surface area (Å²) >= 11 is 0. The fourth-order valence-electron chi connectivity index (χ4n) is 7.99. The van der Waals surface area contributed by atoms with Crippen LogP contribution in [0.5, 0.6) is 23.0 Å². The Balaban J connectivity index is 1.31. The summed E-state index contributed by atoms with van der Waals surface area (Å²) in [7, 11) is 0. The molecule has 0 saturated carbocycles. The summed E-state index contributed by atoms with van der Waals surface area (Å²) in [4.78, 5) is 0. The predicted molar refractivity (Wildman–Crippen MR) is 211 cm³/mol. The van der Waals surface area contributed by atoms with Gasteiger partial charge in [-0.25, -0.2) is 0 Å². The van der Waals surface area contributed by atoms with Gasteiger partial charge in [-0.15, -0.1) is 0 Å². The zero-order valence-corrected chi connectivity index (χ0v) is 28.1. The molecule has 9 aromatic rings. The maximum atomic E-state index is 11.9. The van der Waals surface area contributed by atoms with Gasteiger partial charge >= 0.3 is 0 Å². The van der Waals surface area contributed by atoms with Crippen LogP contribution in [-0.2, 0) is 0 Å². The highest BCUT2D eigenvalue weighted by Crippen LogP contribution is 2.48. The van der Waals surface area contributed by atoms with E-state index in [1.165, 1.54) is 0 Å². The number of hydrogen-bond donors (Lipinski definition) is 4. The quantitative estimate of drug-likeness (QED) is 0.132. The molecule has 0 aliphatic rings. The molecule has 52 heavy (non-hydrogen) atoms. The molecule has 0 bridgehead atoms. The Morgan fingerprint density at radius 3 is 0.827 bits per heavy atom. The summed E-state index contributed by atoms with van der Waals surface area (Å²) in [5.74, 6) is -0.529. The molecule has 4 nitrogen and oxygen atoms in total. The first-order valence-electron chi connectivity index (χ1n) is 17.4. The first-order chi connectivity index (χ1) is 25.5. The van der Waals surface area contributed by atoms with Crippen molar-refractivity contribution in [3.05, 3.63) is 203 Å². The van der Waals surface area contributed by atoms with Crippen LogP contribution in [0.4, 0.5) is 0 Å². The molecule has 250 valence electrons. The Hall–Kier alpha value is -6.78. The van der Waals surface area contributed by atoms with Crippen molar-refractivity contribution in [2.24, 2.45) is 0 Å². The van der Waals surface area contributed by atoms with Crippen LogP contribution >= 0.6 is 0 Å². The molecule has 9 aromatic carbocycles. The lowest BCUT2D eigenvalue weighted by atomic mass is 9.78. The number of fused-ring (bicyclic) bond motifs is 4. The molecule has 0 radical (unpaired) electrons. The fraction of sp³-hybridized carbons (Fsp3) is 0.0417. The van der Waals surface area contributed by atoms with Crippen LogP contribution in [0.3, 0.4) is 0 Å². The monoisotopic (exact) mass is 674 g/mol. The summed E-state index contributed by atoms with van der Waals surface area (Å²) in [5.41, 5.74) is 4.28. The van der Waals surface area contributed by atoms with Crippen molar-refractivity contribution in [3.63, 3.8) is 0 Å². The smallest absolute Gasteiger partial charge is 0.127 e. The molecule has 0 amide bonds. The summed E-state index contributed by atoms with van der Waals surface area (Å²) in [6, 6.07) is 54.7. The molecule has 9 rings (SSSR count). The van der Waals surface area contributed by atoms with Gasteiger partial charge < -0.3 is 20.4 Å². The predicted octanol–water partition coefficient (Wildman–Crippen LogP) is 11.5. The SMILES string of the molecule is Oc1c(C(c2cccc(C(c3ccc4ccccc4c3O)c3ccc4ccccc4c3O)c2)c2ccc3ccccc3c2O)ccc2ccccc12. The summed E-state index contributed by atoms with van der Waals surface area (Å²) < 4.78 is 0. The van der Waals surface area contributed by atoms with Crippen molar-refractivity contribution in [2.45, 2.75) is 11.8 Å².